The number of allylic oxidation sites excluding steroid dienone is 3. The van der Waals surface area contributed by atoms with Crippen LogP contribution in [0.25, 0.3) is 0 Å². The van der Waals surface area contributed by atoms with Crippen molar-refractivity contribution < 1.29 is 5.11 Å². The van der Waals surface area contributed by atoms with E-state index in [2.05, 4.69) is 29.2 Å². The molecule has 2 nitrogen and oxygen atoms in total. The second-order valence-electron chi connectivity index (χ2n) is 7.63. The van der Waals surface area contributed by atoms with Gasteiger partial charge in [0.2, 0.25) is 0 Å². The van der Waals surface area contributed by atoms with Crippen LogP contribution in [0.15, 0.2) is 24.3 Å². The van der Waals surface area contributed by atoms with E-state index in [4.69, 9.17) is 0 Å². The molecule has 3 aliphatic rings. The Bertz CT molecular complexity index is 391. The highest BCUT2D eigenvalue weighted by Crippen LogP contribution is 2.42. The smallest absolute Gasteiger partial charge is 0.0753 e. The quantitative estimate of drug-likeness (QED) is 0.818. The Labute approximate surface area is 136 Å². The summed E-state index contributed by atoms with van der Waals surface area (Å²) in [5.74, 6) is 0.831. The van der Waals surface area contributed by atoms with Gasteiger partial charge in [-0.2, -0.15) is 0 Å². The summed E-state index contributed by atoms with van der Waals surface area (Å²) in [6, 6.07) is 0. The van der Waals surface area contributed by atoms with Crippen LogP contribution in [0.3, 0.4) is 0 Å². The average molecular weight is 303 g/mol. The number of likely N-dealkylation sites (tertiary alicyclic amines) is 1. The van der Waals surface area contributed by atoms with E-state index in [-0.39, 0.29) is 0 Å². The van der Waals surface area contributed by atoms with Gasteiger partial charge in [0.15, 0.2) is 0 Å². The van der Waals surface area contributed by atoms with Crippen molar-refractivity contribution in [2.75, 3.05) is 19.6 Å². The molecule has 0 aromatic carbocycles. The summed E-state index contributed by atoms with van der Waals surface area (Å²) in [5.41, 5.74) is -0.487. The lowest BCUT2D eigenvalue weighted by atomic mass is 9.67. The molecular weight excluding hydrogens is 270 g/mol. The van der Waals surface area contributed by atoms with Gasteiger partial charge in [0.1, 0.15) is 0 Å². The van der Waals surface area contributed by atoms with Crippen LogP contribution in [-0.4, -0.2) is 35.2 Å². The number of aliphatic hydroxyl groups is 1. The fraction of sp³-hybridized carbons (Fsp3) is 0.800. The SMILES string of the molecule is OC(CCN1CCCCC1)(C1C=CC=CC1)C1CCCCC1. The molecule has 1 saturated carbocycles. The number of piperidine rings is 1. The molecular formula is C20H33NO. The second kappa shape index (κ2) is 7.79. The molecule has 0 amide bonds. The van der Waals surface area contributed by atoms with E-state index in [1.54, 1.807) is 0 Å². The molecule has 1 aliphatic heterocycles. The lowest BCUT2D eigenvalue weighted by Gasteiger charge is -2.44. The normalized spacial score (nSPS) is 30.3. The van der Waals surface area contributed by atoms with Crippen molar-refractivity contribution in [1.29, 1.82) is 0 Å². The first kappa shape index (κ1) is 16.3. The van der Waals surface area contributed by atoms with Crippen LogP contribution in [0.4, 0.5) is 0 Å². The molecule has 0 aromatic heterocycles. The Balaban J connectivity index is 1.66. The van der Waals surface area contributed by atoms with Crippen LogP contribution < -0.4 is 0 Å². The third-order valence-electron chi connectivity index (χ3n) is 6.21. The topological polar surface area (TPSA) is 23.5 Å². The first-order valence-corrected chi connectivity index (χ1v) is 9.57. The van der Waals surface area contributed by atoms with E-state index in [9.17, 15) is 5.11 Å². The summed E-state index contributed by atoms with van der Waals surface area (Å²) in [7, 11) is 0. The minimum Gasteiger partial charge on any atom is -0.389 e. The summed E-state index contributed by atoms with van der Waals surface area (Å²) in [4.78, 5) is 2.58. The molecule has 2 heteroatoms. The van der Waals surface area contributed by atoms with Crippen LogP contribution >= 0.6 is 0 Å². The molecule has 2 fully saturated rings. The van der Waals surface area contributed by atoms with E-state index in [0.717, 1.165) is 19.4 Å². The van der Waals surface area contributed by atoms with Crippen LogP contribution in [0.5, 0.6) is 0 Å². The molecule has 3 rings (SSSR count). The number of rotatable bonds is 5. The van der Waals surface area contributed by atoms with Crippen LogP contribution in [0.1, 0.15) is 64.2 Å². The Morgan fingerprint density at radius 3 is 2.36 bits per heavy atom. The highest BCUT2D eigenvalue weighted by molar-refractivity contribution is 5.16. The minimum atomic E-state index is -0.487. The number of hydrogen-bond donors (Lipinski definition) is 1. The summed E-state index contributed by atoms with van der Waals surface area (Å²) < 4.78 is 0. The zero-order valence-corrected chi connectivity index (χ0v) is 14.1. The van der Waals surface area contributed by atoms with Gasteiger partial charge in [0, 0.05) is 12.5 Å². The molecule has 0 aromatic rings. The van der Waals surface area contributed by atoms with Gasteiger partial charge in [0.25, 0.3) is 0 Å². The molecule has 1 N–H and O–H groups in total. The standard InChI is InChI=1S/C20H33NO/c22-20(18-10-4-1-5-11-18,19-12-6-2-7-13-19)14-17-21-15-8-3-9-16-21/h1,4-5,10,18-19,22H,2-3,6-9,11-17H2. The zero-order chi connectivity index (χ0) is 15.3. The van der Waals surface area contributed by atoms with Crippen LogP contribution in [0.2, 0.25) is 0 Å². The fourth-order valence-corrected chi connectivity index (χ4v) is 4.77. The molecule has 2 aliphatic carbocycles. The highest BCUT2D eigenvalue weighted by Gasteiger charge is 2.42. The van der Waals surface area contributed by atoms with Crippen molar-refractivity contribution >= 4 is 0 Å². The monoisotopic (exact) mass is 303 g/mol. The Hall–Kier alpha value is -0.600. The van der Waals surface area contributed by atoms with Crippen molar-refractivity contribution in [3.63, 3.8) is 0 Å². The maximum absolute atomic E-state index is 11.7. The highest BCUT2D eigenvalue weighted by atomic mass is 16.3. The van der Waals surface area contributed by atoms with Gasteiger partial charge in [-0.25, -0.2) is 0 Å². The van der Waals surface area contributed by atoms with Crippen molar-refractivity contribution in [3.8, 4) is 0 Å². The first-order valence-electron chi connectivity index (χ1n) is 9.57. The van der Waals surface area contributed by atoms with Gasteiger partial charge in [-0.05, 0) is 57.5 Å². The fourth-order valence-electron chi connectivity index (χ4n) is 4.77. The molecule has 2 atom stereocenters. The molecule has 124 valence electrons. The van der Waals surface area contributed by atoms with Crippen molar-refractivity contribution in [3.05, 3.63) is 24.3 Å². The summed E-state index contributed by atoms with van der Waals surface area (Å²) >= 11 is 0. The first-order chi connectivity index (χ1) is 10.8. The van der Waals surface area contributed by atoms with Gasteiger partial charge in [-0.1, -0.05) is 50.0 Å². The molecule has 0 radical (unpaired) electrons. The van der Waals surface area contributed by atoms with Crippen molar-refractivity contribution in [2.24, 2.45) is 11.8 Å². The van der Waals surface area contributed by atoms with Crippen LogP contribution in [-0.2, 0) is 0 Å². The van der Waals surface area contributed by atoms with E-state index in [0.29, 0.717) is 11.8 Å². The maximum atomic E-state index is 11.7. The van der Waals surface area contributed by atoms with E-state index < -0.39 is 5.60 Å². The second-order valence-corrected chi connectivity index (χ2v) is 7.63. The average Bonchev–Trinajstić information content (AvgIpc) is 2.62. The maximum Gasteiger partial charge on any atom is 0.0753 e. The number of nitrogens with zero attached hydrogens (tertiary/aromatic N) is 1. The molecule has 22 heavy (non-hydrogen) atoms. The minimum absolute atomic E-state index is 0.324. The lowest BCUT2D eigenvalue weighted by Crippen LogP contribution is -2.48. The lowest BCUT2D eigenvalue weighted by molar-refractivity contribution is -0.0784. The van der Waals surface area contributed by atoms with Crippen LogP contribution in [0, 0.1) is 11.8 Å². The Morgan fingerprint density at radius 1 is 0.955 bits per heavy atom. The van der Waals surface area contributed by atoms with E-state index in [1.165, 1.54) is 64.5 Å². The molecule has 1 saturated heterocycles. The van der Waals surface area contributed by atoms with Crippen molar-refractivity contribution in [1.82, 2.24) is 4.90 Å². The third-order valence-corrected chi connectivity index (χ3v) is 6.21. The molecule has 0 bridgehead atoms. The number of hydrogen-bond acceptors (Lipinski definition) is 2. The molecule has 0 spiro atoms. The van der Waals surface area contributed by atoms with Gasteiger partial charge in [-0.15, -0.1) is 0 Å². The predicted octanol–water partition coefficient (Wildman–Crippen LogP) is 4.31. The Morgan fingerprint density at radius 2 is 1.68 bits per heavy atom. The predicted molar refractivity (Wildman–Crippen MR) is 92.8 cm³/mol. The van der Waals surface area contributed by atoms with E-state index >= 15 is 0 Å². The third kappa shape index (κ3) is 3.83. The van der Waals surface area contributed by atoms with Gasteiger partial charge < -0.3 is 10.0 Å². The zero-order valence-electron chi connectivity index (χ0n) is 14.1. The largest absolute Gasteiger partial charge is 0.389 e. The van der Waals surface area contributed by atoms with Gasteiger partial charge in [-0.3, -0.25) is 0 Å². The summed E-state index contributed by atoms with van der Waals surface area (Å²) in [6.07, 6.45) is 21.3. The van der Waals surface area contributed by atoms with Gasteiger partial charge in [0.05, 0.1) is 5.60 Å². The van der Waals surface area contributed by atoms with Gasteiger partial charge >= 0.3 is 0 Å². The molecule has 1 heterocycles. The Kier molecular flexibility index (Phi) is 5.76. The van der Waals surface area contributed by atoms with Crippen molar-refractivity contribution in [2.45, 2.75) is 69.8 Å². The summed E-state index contributed by atoms with van der Waals surface area (Å²) in [5, 5.41) is 11.7. The molecule has 2 unspecified atom stereocenters. The summed E-state index contributed by atoms with van der Waals surface area (Å²) in [6.45, 7) is 3.56. The van der Waals surface area contributed by atoms with E-state index in [1.807, 2.05) is 0 Å².